The molecule has 3 atom stereocenters. The van der Waals surface area contributed by atoms with E-state index >= 15 is 0 Å². The number of nitrogens with zero attached hydrogens (tertiary/aromatic N) is 2. The molecule has 2 aromatic rings. The number of fused-ring (bicyclic) bond motifs is 3. The second-order valence-electron chi connectivity index (χ2n) is 7.93. The highest BCUT2D eigenvalue weighted by Crippen LogP contribution is 2.50. The van der Waals surface area contributed by atoms with Crippen LogP contribution >= 0.6 is 0 Å². The van der Waals surface area contributed by atoms with Gasteiger partial charge in [0, 0.05) is 39.8 Å². The van der Waals surface area contributed by atoms with E-state index in [1.165, 1.54) is 16.8 Å². The summed E-state index contributed by atoms with van der Waals surface area (Å²) in [6, 6.07) is 15.1. The largest absolute Gasteiger partial charge is 0.378 e. The first-order valence-electron chi connectivity index (χ1n) is 9.52. The maximum atomic E-state index is 12.7. The van der Waals surface area contributed by atoms with Crippen LogP contribution in [0.1, 0.15) is 39.9 Å². The summed E-state index contributed by atoms with van der Waals surface area (Å²) in [5.74, 6) is 0.878. The van der Waals surface area contributed by atoms with Gasteiger partial charge >= 0.3 is 0 Å². The fourth-order valence-electron chi connectivity index (χ4n) is 4.35. The van der Waals surface area contributed by atoms with Crippen LogP contribution in [-0.2, 0) is 0 Å². The molecule has 0 fully saturated rings. The molecule has 0 aromatic heterocycles. The molecule has 0 bridgehead atoms. The molecule has 4 rings (SSSR count). The Morgan fingerprint density at radius 2 is 1.78 bits per heavy atom. The Morgan fingerprint density at radius 3 is 2.44 bits per heavy atom. The lowest BCUT2D eigenvalue weighted by molar-refractivity contribution is 0.0828. The zero-order valence-electron chi connectivity index (χ0n) is 16.4. The van der Waals surface area contributed by atoms with E-state index in [4.69, 9.17) is 0 Å². The molecular formula is C23H27N3O. The molecule has 1 aliphatic carbocycles. The first-order valence-corrected chi connectivity index (χ1v) is 9.52. The Kier molecular flexibility index (Phi) is 4.42. The number of rotatable bonds is 3. The van der Waals surface area contributed by atoms with Gasteiger partial charge in [-0.1, -0.05) is 36.4 Å². The summed E-state index contributed by atoms with van der Waals surface area (Å²) in [7, 11) is 7.72. The summed E-state index contributed by atoms with van der Waals surface area (Å²) in [6.45, 7) is 0. The molecule has 1 heterocycles. The highest BCUT2D eigenvalue weighted by atomic mass is 16.2. The maximum Gasteiger partial charge on any atom is 0.255 e. The summed E-state index contributed by atoms with van der Waals surface area (Å²) in [5.41, 5.74) is 5.45. The second-order valence-corrected chi connectivity index (χ2v) is 7.93. The Hall–Kier alpha value is -2.75. The Balaban J connectivity index is 1.77. The van der Waals surface area contributed by atoms with Gasteiger partial charge in [0.2, 0.25) is 0 Å². The van der Waals surface area contributed by atoms with Crippen molar-refractivity contribution in [2.45, 2.75) is 18.4 Å². The molecule has 4 heteroatoms. The predicted octanol–water partition coefficient (Wildman–Crippen LogP) is 4.28. The second kappa shape index (κ2) is 6.76. The number of anilines is 2. The number of allylic oxidation sites excluding steroid dienone is 2. The minimum atomic E-state index is 0.0430. The van der Waals surface area contributed by atoms with Gasteiger partial charge in [0.15, 0.2) is 0 Å². The molecule has 1 N–H and O–H groups in total. The summed E-state index contributed by atoms with van der Waals surface area (Å²) in [5, 5.41) is 3.74. The molecule has 1 amide bonds. The van der Waals surface area contributed by atoms with E-state index in [1.54, 1.807) is 19.0 Å². The third kappa shape index (κ3) is 2.99. The highest BCUT2D eigenvalue weighted by molar-refractivity contribution is 6.00. The van der Waals surface area contributed by atoms with Gasteiger partial charge in [0.25, 0.3) is 5.91 Å². The zero-order valence-corrected chi connectivity index (χ0v) is 16.4. The number of amides is 1. The van der Waals surface area contributed by atoms with E-state index in [9.17, 15) is 4.79 Å². The molecule has 0 radical (unpaired) electrons. The standard InChI is InChI=1S/C23H27N3O/c1-25(2)16-13-11-15(12-14-16)21-18-8-5-7-17(18)19-9-6-10-20(22(19)24-21)23(27)26(3)4/h5-7,9-14,17-18,21,24H,8H2,1-4H3. The lowest BCUT2D eigenvalue weighted by atomic mass is 9.76. The molecule has 0 spiro atoms. The lowest BCUT2D eigenvalue weighted by Crippen LogP contribution is -2.32. The summed E-state index contributed by atoms with van der Waals surface area (Å²) < 4.78 is 0. The maximum absolute atomic E-state index is 12.7. The summed E-state index contributed by atoms with van der Waals surface area (Å²) >= 11 is 0. The van der Waals surface area contributed by atoms with Gasteiger partial charge in [-0.3, -0.25) is 4.79 Å². The van der Waals surface area contributed by atoms with Crippen molar-refractivity contribution in [3.63, 3.8) is 0 Å². The molecule has 27 heavy (non-hydrogen) atoms. The van der Waals surface area contributed by atoms with Crippen LogP contribution in [0.3, 0.4) is 0 Å². The predicted molar refractivity (Wildman–Crippen MR) is 112 cm³/mol. The third-order valence-electron chi connectivity index (χ3n) is 5.80. The van der Waals surface area contributed by atoms with Crippen molar-refractivity contribution in [2.75, 3.05) is 38.4 Å². The van der Waals surface area contributed by atoms with Crippen LogP contribution in [0.4, 0.5) is 11.4 Å². The van der Waals surface area contributed by atoms with Crippen molar-refractivity contribution in [1.82, 2.24) is 4.90 Å². The fourth-order valence-corrected chi connectivity index (χ4v) is 4.35. The molecule has 4 nitrogen and oxygen atoms in total. The number of hydrogen-bond donors (Lipinski definition) is 1. The van der Waals surface area contributed by atoms with Crippen LogP contribution in [0.5, 0.6) is 0 Å². The quantitative estimate of drug-likeness (QED) is 0.829. The molecule has 0 saturated heterocycles. The van der Waals surface area contributed by atoms with Crippen molar-refractivity contribution in [3.8, 4) is 0 Å². The molecule has 3 unspecified atom stereocenters. The van der Waals surface area contributed by atoms with Crippen molar-refractivity contribution in [2.24, 2.45) is 5.92 Å². The van der Waals surface area contributed by atoms with Crippen LogP contribution in [0.15, 0.2) is 54.6 Å². The minimum absolute atomic E-state index is 0.0430. The van der Waals surface area contributed by atoms with Crippen molar-refractivity contribution in [3.05, 3.63) is 71.3 Å². The van der Waals surface area contributed by atoms with E-state index < -0.39 is 0 Å². The van der Waals surface area contributed by atoms with E-state index in [0.717, 1.165) is 17.7 Å². The molecule has 140 valence electrons. The van der Waals surface area contributed by atoms with Gasteiger partial charge < -0.3 is 15.1 Å². The summed E-state index contributed by atoms with van der Waals surface area (Å²) in [4.78, 5) is 16.5. The number of hydrogen-bond acceptors (Lipinski definition) is 3. The van der Waals surface area contributed by atoms with E-state index in [0.29, 0.717) is 11.8 Å². The average molecular weight is 361 g/mol. The molecule has 2 aromatic carbocycles. The van der Waals surface area contributed by atoms with Crippen molar-refractivity contribution < 1.29 is 4.79 Å². The number of carbonyl (C=O) groups excluding carboxylic acids is 1. The van der Waals surface area contributed by atoms with Crippen LogP contribution in [-0.4, -0.2) is 39.0 Å². The third-order valence-corrected chi connectivity index (χ3v) is 5.80. The molecular weight excluding hydrogens is 334 g/mol. The SMILES string of the molecule is CN(C)C(=O)c1cccc2c1NC(c1ccc(N(C)C)cc1)C1CC=CC21. The number of carbonyl (C=O) groups is 1. The van der Waals surface area contributed by atoms with Crippen molar-refractivity contribution in [1.29, 1.82) is 0 Å². The van der Waals surface area contributed by atoms with Gasteiger partial charge in [0.05, 0.1) is 17.3 Å². The zero-order chi connectivity index (χ0) is 19.1. The number of benzene rings is 2. The topological polar surface area (TPSA) is 35.6 Å². The Bertz CT molecular complexity index is 883. The number of nitrogens with one attached hydrogen (secondary N) is 1. The van der Waals surface area contributed by atoms with Crippen LogP contribution in [0.25, 0.3) is 0 Å². The van der Waals surface area contributed by atoms with E-state index in [1.807, 2.05) is 12.1 Å². The lowest BCUT2D eigenvalue weighted by Gasteiger charge is -2.38. The van der Waals surface area contributed by atoms with Crippen molar-refractivity contribution >= 4 is 17.3 Å². The smallest absolute Gasteiger partial charge is 0.255 e. The Morgan fingerprint density at radius 1 is 1.04 bits per heavy atom. The average Bonchev–Trinajstić information content (AvgIpc) is 3.16. The van der Waals surface area contributed by atoms with Crippen LogP contribution in [0.2, 0.25) is 0 Å². The van der Waals surface area contributed by atoms with Gasteiger partial charge in [-0.15, -0.1) is 0 Å². The first kappa shape index (κ1) is 17.7. The monoisotopic (exact) mass is 361 g/mol. The number of para-hydroxylation sites is 1. The van der Waals surface area contributed by atoms with Crippen LogP contribution < -0.4 is 10.2 Å². The van der Waals surface area contributed by atoms with E-state index in [-0.39, 0.29) is 11.9 Å². The van der Waals surface area contributed by atoms with Gasteiger partial charge in [-0.05, 0) is 41.7 Å². The van der Waals surface area contributed by atoms with Crippen LogP contribution in [0, 0.1) is 5.92 Å². The Labute approximate surface area is 161 Å². The van der Waals surface area contributed by atoms with Gasteiger partial charge in [0.1, 0.15) is 0 Å². The van der Waals surface area contributed by atoms with E-state index in [2.05, 4.69) is 66.8 Å². The van der Waals surface area contributed by atoms with Gasteiger partial charge in [-0.2, -0.15) is 0 Å². The first-order chi connectivity index (χ1) is 13.0. The minimum Gasteiger partial charge on any atom is -0.378 e. The molecule has 2 aliphatic rings. The highest BCUT2D eigenvalue weighted by Gasteiger charge is 2.39. The van der Waals surface area contributed by atoms with Gasteiger partial charge in [-0.25, -0.2) is 0 Å². The normalized spacial score (nSPS) is 22.6. The molecule has 0 saturated carbocycles. The molecule has 1 aliphatic heterocycles. The fraction of sp³-hybridized carbons (Fsp3) is 0.348. The summed E-state index contributed by atoms with van der Waals surface area (Å²) in [6.07, 6.45) is 5.66.